The summed E-state index contributed by atoms with van der Waals surface area (Å²) < 4.78 is 68.6. The highest BCUT2D eigenvalue weighted by Gasteiger charge is 2.30. The molecule has 0 saturated carbocycles. The molecule has 0 heterocycles. The first kappa shape index (κ1) is 94.1. The summed E-state index contributed by atoms with van der Waals surface area (Å²) in [7, 11) is -9.92. The van der Waals surface area contributed by atoms with Crippen LogP contribution < -0.4 is 0 Å². The van der Waals surface area contributed by atoms with Gasteiger partial charge in [0.05, 0.1) is 26.4 Å². The van der Waals surface area contributed by atoms with E-state index >= 15 is 0 Å². The normalized spacial score (nSPS) is 14.4. The number of ether oxygens (including phenoxy) is 4. The molecular formula is C77H150O17P2. The van der Waals surface area contributed by atoms with Crippen molar-refractivity contribution in [1.82, 2.24) is 0 Å². The molecule has 0 aromatic carbocycles. The highest BCUT2D eigenvalue weighted by Crippen LogP contribution is 2.45. The van der Waals surface area contributed by atoms with Crippen LogP contribution in [0, 0.1) is 23.7 Å². The monoisotopic (exact) mass is 1410 g/mol. The third-order valence-corrected chi connectivity index (χ3v) is 20.1. The average molecular weight is 1410 g/mol. The van der Waals surface area contributed by atoms with Gasteiger partial charge >= 0.3 is 39.5 Å². The topological polar surface area (TPSA) is 237 Å². The summed E-state index contributed by atoms with van der Waals surface area (Å²) in [5.41, 5.74) is 0. The Labute approximate surface area is 588 Å². The third-order valence-electron chi connectivity index (χ3n) is 18.2. The predicted octanol–water partition coefficient (Wildman–Crippen LogP) is 22.4. The first-order valence-corrected chi connectivity index (χ1v) is 42.7. The van der Waals surface area contributed by atoms with Crippen molar-refractivity contribution in [2.24, 2.45) is 23.7 Å². The molecular weight excluding hydrogens is 1260 g/mol. The Balaban J connectivity index is 5.24. The lowest BCUT2D eigenvalue weighted by atomic mass is 9.99. The Kier molecular flexibility index (Phi) is 65.0. The number of aliphatic hydroxyl groups is 1. The van der Waals surface area contributed by atoms with Crippen molar-refractivity contribution in [3.8, 4) is 0 Å². The lowest BCUT2D eigenvalue weighted by Crippen LogP contribution is -2.30. The maximum Gasteiger partial charge on any atom is 0.472 e. The van der Waals surface area contributed by atoms with Gasteiger partial charge in [-0.2, -0.15) is 0 Å². The molecule has 0 amide bonds. The Hall–Kier alpha value is -1.94. The number of esters is 4. The second kappa shape index (κ2) is 66.3. The Morgan fingerprint density at radius 3 is 0.740 bits per heavy atom. The summed E-state index contributed by atoms with van der Waals surface area (Å²) in [5.74, 6) is 0.950. The van der Waals surface area contributed by atoms with Crippen LogP contribution in [0.5, 0.6) is 0 Å². The molecule has 0 aromatic rings. The molecule has 0 radical (unpaired) electrons. The highest BCUT2D eigenvalue weighted by atomic mass is 31.2. The zero-order valence-electron chi connectivity index (χ0n) is 63.0. The molecule has 0 spiro atoms. The molecule has 19 heteroatoms. The van der Waals surface area contributed by atoms with Crippen molar-refractivity contribution in [3.05, 3.63) is 0 Å². The van der Waals surface area contributed by atoms with Crippen LogP contribution in [-0.4, -0.2) is 96.7 Å². The van der Waals surface area contributed by atoms with Gasteiger partial charge in [0.1, 0.15) is 19.3 Å². The van der Waals surface area contributed by atoms with Gasteiger partial charge in [-0.25, -0.2) is 9.13 Å². The summed E-state index contributed by atoms with van der Waals surface area (Å²) in [4.78, 5) is 72.8. The third kappa shape index (κ3) is 69.2. The highest BCUT2D eigenvalue weighted by molar-refractivity contribution is 7.47. The second-order valence-corrected chi connectivity index (χ2v) is 32.3. The largest absolute Gasteiger partial charge is 0.472 e. The van der Waals surface area contributed by atoms with Gasteiger partial charge in [0.25, 0.3) is 0 Å². The molecule has 6 atom stereocenters. The van der Waals surface area contributed by atoms with Gasteiger partial charge < -0.3 is 33.8 Å². The SMILES string of the molecule is CCC(C)CCCCCCCCCCCCC(=O)OC[C@H](COP(=O)(O)OC[C@@H](O)COP(=O)(O)OC[C@@H](COC(=O)CCCCCCCCC(C)C)OC(=O)CCCCCCCCCCCCCCCCC(C)C)OC(=O)CCCCCCCCCCCCCCCC(C)C. The second-order valence-electron chi connectivity index (χ2n) is 29.4. The van der Waals surface area contributed by atoms with E-state index in [9.17, 15) is 43.2 Å². The van der Waals surface area contributed by atoms with Gasteiger partial charge in [-0.3, -0.25) is 37.3 Å². The molecule has 0 aliphatic heterocycles. The Bertz CT molecular complexity index is 1890. The van der Waals surface area contributed by atoms with Crippen molar-refractivity contribution >= 4 is 39.5 Å². The maximum absolute atomic E-state index is 13.1. The van der Waals surface area contributed by atoms with E-state index in [1.165, 1.54) is 186 Å². The molecule has 0 aliphatic carbocycles. The van der Waals surface area contributed by atoms with E-state index in [4.69, 9.17) is 37.0 Å². The minimum absolute atomic E-state index is 0.106. The summed E-state index contributed by atoms with van der Waals surface area (Å²) in [6, 6.07) is 0. The Morgan fingerprint density at radius 2 is 0.500 bits per heavy atom. The lowest BCUT2D eigenvalue weighted by molar-refractivity contribution is -0.161. The zero-order chi connectivity index (χ0) is 71.0. The number of hydrogen-bond acceptors (Lipinski definition) is 15. The van der Waals surface area contributed by atoms with Crippen LogP contribution >= 0.6 is 15.6 Å². The molecule has 0 rings (SSSR count). The fourth-order valence-electron chi connectivity index (χ4n) is 11.7. The van der Waals surface area contributed by atoms with Gasteiger partial charge in [-0.15, -0.1) is 0 Å². The molecule has 0 aliphatic rings. The van der Waals surface area contributed by atoms with Crippen LogP contribution in [0.2, 0.25) is 0 Å². The number of phosphoric ester groups is 2. The van der Waals surface area contributed by atoms with E-state index in [0.29, 0.717) is 31.6 Å². The van der Waals surface area contributed by atoms with Crippen LogP contribution in [0.15, 0.2) is 0 Å². The number of unbranched alkanes of at least 4 members (excludes halogenated alkanes) is 39. The smallest absolute Gasteiger partial charge is 0.462 e. The van der Waals surface area contributed by atoms with E-state index in [1.807, 2.05) is 0 Å². The molecule has 96 heavy (non-hydrogen) atoms. The molecule has 3 unspecified atom stereocenters. The molecule has 0 bridgehead atoms. The van der Waals surface area contributed by atoms with Crippen LogP contribution in [0.4, 0.5) is 0 Å². The fourth-order valence-corrected chi connectivity index (χ4v) is 13.3. The summed E-state index contributed by atoms with van der Waals surface area (Å²) in [6.07, 6.45) is 51.4. The van der Waals surface area contributed by atoms with E-state index in [2.05, 4.69) is 55.4 Å². The minimum Gasteiger partial charge on any atom is -0.462 e. The molecule has 570 valence electrons. The lowest BCUT2D eigenvalue weighted by Gasteiger charge is -2.21. The summed E-state index contributed by atoms with van der Waals surface area (Å²) >= 11 is 0. The van der Waals surface area contributed by atoms with Crippen molar-refractivity contribution in [1.29, 1.82) is 0 Å². The number of rotatable bonds is 74. The first-order chi connectivity index (χ1) is 46.1. The van der Waals surface area contributed by atoms with Gasteiger partial charge in [0.15, 0.2) is 12.2 Å². The van der Waals surface area contributed by atoms with Crippen LogP contribution in [0.3, 0.4) is 0 Å². The van der Waals surface area contributed by atoms with E-state index in [-0.39, 0.29) is 25.7 Å². The molecule has 0 aromatic heterocycles. The van der Waals surface area contributed by atoms with Crippen molar-refractivity contribution in [3.63, 3.8) is 0 Å². The van der Waals surface area contributed by atoms with Crippen molar-refractivity contribution < 1.29 is 80.2 Å². The van der Waals surface area contributed by atoms with Gasteiger partial charge in [0, 0.05) is 25.7 Å². The van der Waals surface area contributed by atoms with E-state index in [0.717, 1.165) is 114 Å². The molecule has 17 nitrogen and oxygen atoms in total. The molecule has 0 fully saturated rings. The summed E-state index contributed by atoms with van der Waals surface area (Å²) in [6.45, 7) is 14.2. The molecule has 0 saturated heterocycles. The van der Waals surface area contributed by atoms with Gasteiger partial charge in [-0.05, 0) is 49.4 Å². The maximum atomic E-state index is 13.1. The zero-order valence-corrected chi connectivity index (χ0v) is 64.8. The van der Waals surface area contributed by atoms with Crippen LogP contribution in [-0.2, 0) is 65.4 Å². The summed E-state index contributed by atoms with van der Waals surface area (Å²) in [5, 5.41) is 10.6. The standard InChI is InChI=1S/C77H150O17P2/c1-9-70(8)56-48-40-31-25-21-22-26-32-41-49-57-74(79)87-63-72(93-76(81)60-52-44-34-28-20-16-12-14-18-24-30-38-46-54-68(4)5)65-91-95(83,84)89-61-71(78)62-90-96(85,86)92-66-73(64-88-75(80)58-50-42-36-35-39-47-55-69(6)7)94-77(82)59-51-43-33-27-19-15-11-10-13-17-23-29-37-45-53-67(2)3/h67-73,78H,9-66H2,1-8H3,(H,83,84)(H,85,86)/t70?,71-,72-,73-/m1/s1. The molecule has 3 N–H and O–H groups in total. The predicted molar refractivity (Wildman–Crippen MR) is 391 cm³/mol. The Morgan fingerprint density at radius 1 is 0.292 bits per heavy atom. The van der Waals surface area contributed by atoms with Crippen molar-refractivity contribution in [2.75, 3.05) is 39.6 Å². The minimum atomic E-state index is -4.96. The van der Waals surface area contributed by atoms with Crippen LogP contribution in [0.1, 0.15) is 389 Å². The average Bonchev–Trinajstić information content (AvgIpc) is 1.44. The number of carbonyl (C=O) groups excluding carboxylic acids is 4. The fraction of sp³-hybridized carbons (Fsp3) is 0.948. The quantitative estimate of drug-likeness (QED) is 0.0222. The van der Waals surface area contributed by atoms with Crippen LogP contribution in [0.25, 0.3) is 0 Å². The van der Waals surface area contributed by atoms with Gasteiger partial charge in [-0.1, -0.05) is 338 Å². The number of phosphoric acid groups is 2. The first-order valence-electron chi connectivity index (χ1n) is 39.7. The number of aliphatic hydroxyl groups excluding tert-OH is 1. The van der Waals surface area contributed by atoms with E-state index in [1.54, 1.807) is 0 Å². The van der Waals surface area contributed by atoms with Crippen molar-refractivity contribution in [2.45, 2.75) is 408 Å². The van der Waals surface area contributed by atoms with E-state index < -0.39 is 97.5 Å². The van der Waals surface area contributed by atoms with Gasteiger partial charge in [0.2, 0.25) is 0 Å². The number of carbonyl (C=O) groups is 4. The number of hydrogen-bond donors (Lipinski definition) is 3.